The molecule has 10 nitrogen and oxygen atoms in total. The number of amides is 1. The van der Waals surface area contributed by atoms with Crippen molar-refractivity contribution in [3.63, 3.8) is 0 Å². The first kappa shape index (κ1) is 18.2. The van der Waals surface area contributed by atoms with Crippen LogP contribution in [0.3, 0.4) is 0 Å². The van der Waals surface area contributed by atoms with E-state index in [0.717, 1.165) is 0 Å². The highest BCUT2D eigenvalue weighted by Gasteiger charge is 2.26. The quantitative estimate of drug-likeness (QED) is 0.418. The molecule has 0 aliphatic rings. The number of anilines is 1. The van der Waals surface area contributed by atoms with E-state index < -0.39 is 11.9 Å². The molecule has 0 aliphatic carbocycles. The van der Waals surface area contributed by atoms with Gasteiger partial charge in [0.15, 0.2) is 11.5 Å². The van der Waals surface area contributed by atoms with Crippen molar-refractivity contribution in [2.75, 3.05) is 5.32 Å². The van der Waals surface area contributed by atoms with Gasteiger partial charge in [0.1, 0.15) is 18.5 Å². The summed E-state index contributed by atoms with van der Waals surface area (Å²) in [5.74, 6) is -0.228. The summed E-state index contributed by atoms with van der Waals surface area (Å²) < 4.78 is 18.7. The normalized spacial score (nSPS) is 12.5. The topological polar surface area (TPSA) is 119 Å². The molecule has 0 bridgehead atoms. The lowest BCUT2D eigenvalue weighted by Crippen LogP contribution is -2.11. The fraction of sp³-hybridized carbons (Fsp3) is 0.111. The van der Waals surface area contributed by atoms with Crippen LogP contribution >= 0.6 is 11.6 Å². The molecular formula is C18H13ClFN9O. The Labute approximate surface area is 172 Å². The summed E-state index contributed by atoms with van der Waals surface area (Å²) >= 11 is 6.49. The van der Waals surface area contributed by atoms with Gasteiger partial charge in [-0.25, -0.2) is 19.0 Å². The highest BCUT2D eigenvalue weighted by molar-refractivity contribution is 6.35. The van der Waals surface area contributed by atoms with Crippen molar-refractivity contribution in [3.8, 4) is 11.3 Å². The van der Waals surface area contributed by atoms with Crippen molar-refractivity contribution in [1.82, 2.24) is 39.3 Å². The largest absolute Gasteiger partial charge is 0.312 e. The average Bonchev–Trinajstić information content (AvgIpc) is 3.48. The summed E-state index contributed by atoms with van der Waals surface area (Å²) in [6.45, 7) is 1.79. The summed E-state index contributed by atoms with van der Waals surface area (Å²) in [4.78, 5) is 23.2. The molecule has 150 valence electrons. The fourth-order valence-electron chi connectivity index (χ4n) is 3.49. The number of hydrogen-bond acceptors (Lipinski definition) is 6. The van der Waals surface area contributed by atoms with Crippen LogP contribution in [0.2, 0.25) is 5.02 Å². The van der Waals surface area contributed by atoms with E-state index in [9.17, 15) is 4.79 Å². The number of carbonyl (C=O) groups excluding carboxylic acids is 1. The molecule has 1 atom stereocenters. The molecule has 4 aromatic heterocycles. The third-order valence-corrected chi connectivity index (χ3v) is 5.24. The number of nitrogens with zero attached hydrogens (tertiary/aromatic N) is 7. The first-order chi connectivity index (χ1) is 14.6. The molecule has 0 spiro atoms. The number of rotatable bonds is 5. The molecule has 30 heavy (non-hydrogen) atoms. The summed E-state index contributed by atoms with van der Waals surface area (Å²) in [6.07, 6.45) is 9.79. The molecule has 0 saturated carbocycles. The molecule has 2 N–H and O–H groups in total. The van der Waals surface area contributed by atoms with Crippen molar-refractivity contribution in [2.45, 2.75) is 13.0 Å². The standard InChI is InChI=1S/C18H13ClFN9O/c1-9(29-7-21-6-25-29)14-17(20)16(19)15(10-2-24-27-18(10)14)11-4-28-5-12(23-8-30)26-13(28)3-22-11/h2-9H,1H3,(H,23,30)(H,24,27). The van der Waals surface area contributed by atoms with Gasteiger partial charge in [-0.2, -0.15) is 10.2 Å². The number of fused-ring (bicyclic) bond motifs is 2. The summed E-state index contributed by atoms with van der Waals surface area (Å²) in [5, 5.41) is 14.1. The lowest BCUT2D eigenvalue weighted by atomic mass is 9.98. The van der Waals surface area contributed by atoms with Gasteiger partial charge in [0.25, 0.3) is 0 Å². The molecule has 1 unspecified atom stereocenters. The molecule has 0 aliphatic heterocycles. The van der Waals surface area contributed by atoms with Crippen LogP contribution in [-0.2, 0) is 4.79 Å². The number of hydrogen-bond donors (Lipinski definition) is 2. The predicted octanol–water partition coefficient (Wildman–Crippen LogP) is 2.83. The number of carbonyl (C=O) groups is 1. The summed E-state index contributed by atoms with van der Waals surface area (Å²) in [7, 11) is 0. The summed E-state index contributed by atoms with van der Waals surface area (Å²) in [5.41, 5.74) is 2.15. The first-order valence-corrected chi connectivity index (χ1v) is 9.19. The molecule has 0 fully saturated rings. The van der Waals surface area contributed by atoms with Crippen LogP contribution in [0.4, 0.5) is 10.2 Å². The lowest BCUT2D eigenvalue weighted by molar-refractivity contribution is -0.105. The van der Waals surface area contributed by atoms with Crippen molar-refractivity contribution < 1.29 is 9.18 Å². The Morgan fingerprint density at radius 1 is 1.33 bits per heavy atom. The van der Waals surface area contributed by atoms with Crippen LogP contribution < -0.4 is 5.32 Å². The van der Waals surface area contributed by atoms with Gasteiger partial charge in [0, 0.05) is 22.7 Å². The smallest absolute Gasteiger partial charge is 0.212 e. The number of benzene rings is 1. The summed E-state index contributed by atoms with van der Waals surface area (Å²) in [6, 6.07) is -0.469. The molecule has 4 heterocycles. The maximum Gasteiger partial charge on any atom is 0.212 e. The number of nitrogens with one attached hydrogen (secondary N) is 2. The van der Waals surface area contributed by atoms with Crippen molar-refractivity contribution in [1.29, 1.82) is 0 Å². The second-order valence-corrected chi connectivity index (χ2v) is 6.93. The van der Waals surface area contributed by atoms with Gasteiger partial charge >= 0.3 is 0 Å². The number of aromatic amines is 1. The van der Waals surface area contributed by atoms with E-state index in [1.54, 1.807) is 29.9 Å². The monoisotopic (exact) mass is 425 g/mol. The zero-order valence-corrected chi connectivity index (χ0v) is 16.2. The van der Waals surface area contributed by atoms with Crippen molar-refractivity contribution in [3.05, 3.63) is 53.8 Å². The number of aromatic nitrogens is 8. The van der Waals surface area contributed by atoms with Crippen molar-refractivity contribution >= 4 is 40.4 Å². The SMILES string of the molecule is CC(c1c(F)c(Cl)c(-c2cn3cc(NC=O)nc3cn2)c2cn[nH]c12)n1cncn1. The van der Waals surface area contributed by atoms with Crippen LogP contribution in [-0.4, -0.2) is 45.7 Å². The minimum absolute atomic E-state index is 0.0796. The third kappa shape index (κ3) is 2.70. The van der Waals surface area contributed by atoms with E-state index >= 15 is 4.39 Å². The Morgan fingerprint density at radius 2 is 2.20 bits per heavy atom. The van der Waals surface area contributed by atoms with Crippen LogP contribution in [0, 0.1) is 5.82 Å². The molecular weight excluding hydrogens is 413 g/mol. The van der Waals surface area contributed by atoms with Gasteiger partial charge in [-0.15, -0.1) is 0 Å². The van der Waals surface area contributed by atoms with E-state index in [4.69, 9.17) is 11.6 Å². The highest BCUT2D eigenvalue weighted by atomic mass is 35.5. The van der Waals surface area contributed by atoms with Gasteiger partial charge in [0.2, 0.25) is 6.41 Å². The molecule has 5 rings (SSSR count). The zero-order valence-electron chi connectivity index (χ0n) is 15.4. The maximum absolute atomic E-state index is 15.5. The number of H-pyrrole nitrogens is 1. The first-order valence-electron chi connectivity index (χ1n) is 8.81. The van der Waals surface area contributed by atoms with Gasteiger partial charge in [-0.3, -0.25) is 14.9 Å². The fourth-order valence-corrected chi connectivity index (χ4v) is 3.79. The van der Waals surface area contributed by atoms with E-state index in [0.29, 0.717) is 45.6 Å². The second kappa shape index (κ2) is 6.88. The van der Waals surface area contributed by atoms with E-state index in [1.165, 1.54) is 23.5 Å². The van der Waals surface area contributed by atoms with E-state index in [-0.39, 0.29) is 5.02 Å². The predicted molar refractivity (Wildman–Crippen MR) is 107 cm³/mol. The minimum Gasteiger partial charge on any atom is -0.312 e. The van der Waals surface area contributed by atoms with Crippen LogP contribution in [0.15, 0.2) is 37.4 Å². The number of imidazole rings is 1. The van der Waals surface area contributed by atoms with E-state index in [2.05, 4.69) is 35.6 Å². The highest BCUT2D eigenvalue weighted by Crippen LogP contribution is 2.40. The van der Waals surface area contributed by atoms with Gasteiger partial charge in [0.05, 0.1) is 40.9 Å². The van der Waals surface area contributed by atoms with E-state index in [1.807, 2.05) is 0 Å². The van der Waals surface area contributed by atoms with Gasteiger partial charge in [-0.05, 0) is 6.92 Å². The van der Waals surface area contributed by atoms with Gasteiger partial charge < -0.3 is 9.72 Å². The Morgan fingerprint density at radius 3 is 2.97 bits per heavy atom. The van der Waals surface area contributed by atoms with Gasteiger partial charge in [-0.1, -0.05) is 11.6 Å². The molecule has 0 radical (unpaired) electrons. The molecule has 1 aromatic carbocycles. The Hall–Kier alpha value is -3.86. The van der Waals surface area contributed by atoms with Crippen molar-refractivity contribution in [2.24, 2.45) is 0 Å². The zero-order chi connectivity index (χ0) is 20.8. The lowest BCUT2D eigenvalue weighted by Gasteiger charge is -2.17. The third-order valence-electron chi connectivity index (χ3n) is 4.88. The van der Waals surface area contributed by atoms with Crippen LogP contribution in [0.25, 0.3) is 27.8 Å². The molecule has 12 heteroatoms. The number of halogens is 2. The molecule has 5 aromatic rings. The Balaban J connectivity index is 1.72. The van der Waals surface area contributed by atoms with Crippen LogP contribution in [0.1, 0.15) is 18.5 Å². The van der Waals surface area contributed by atoms with Crippen LogP contribution in [0.5, 0.6) is 0 Å². The molecule has 1 amide bonds. The maximum atomic E-state index is 15.5. The Kier molecular flexibility index (Phi) is 4.17. The Bertz CT molecular complexity index is 1390. The second-order valence-electron chi connectivity index (χ2n) is 6.55. The molecule has 0 saturated heterocycles. The average molecular weight is 426 g/mol. The minimum atomic E-state index is -0.595.